The Morgan fingerprint density at radius 3 is 2.52 bits per heavy atom. The Hall–Kier alpha value is -1.27. The highest BCUT2D eigenvalue weighted by molar-refractivity contribution is 8.02. The Labute approximate surface area is 135 Å². The van der Waals surface area contributed by atoms with Crippen LogP contribution in [0.4, 0.5) is 4.79 Å². The largest absolute Gasteiger partial charge is 0.392 e. The summed E-state index contributed by atoms with van der Waals surface area (Å²) >= 11 is 6.88. The summed E-state index contributed by atoms with van der Waals surface area (Å²) in [5.41, 5.74) is 6.96. The maximum atomic E-state index is 12.2. The van der Waals surface area contributed by atoms with Crippen LogP contribution < -0.4 is 11.1 Å². The number of hydrogen-bond donors (Lipinski definition) is 2. The predicted octanol–water partition coefficient (Wildman–Crippen LogP) is 2.38. The van der Waals surface area contributed by atoms with Crippen LogP contribution in [0.2, 0.25) is 0 Å². The number of benzene rings is 1. The number of rotatable bonds is 4. The number of nitrogens with two attached hydrogens (primary N) is 1. The second kappa shape index (κ2) is 7.13. The van der Waals surface area contributed by atoms with E-state index in [2.05, 4.69) is 5.32 Å². The molecule has 2 rings (SSSR count). The molecule has 0 saturated carbocycles. The molecule has 0 unspecified atom stereocenters. The van der Waals surface area contributed by atoms with Crippen molar-refractivity contribution in [2.45, 2.75) is 24.1 Å². The van der Waals surface area contributed by atoms with Crippen LogP contribution in [0.25, 0.3) is 0 Å². The molecule has 114 valence electrons. The van der Waals surface area contributed by atoms with Gasteiger partial charge in [0.05, 0.1) is 9.74 Å². The summed E-state index contributed by atoms with van der Waals surface area (Å²) < 4.78 is -0.147. The standard InChI is InChI=1S/C15H21N3OS2/c1-21-15(13(16)20)7-9-18(10-8-15)14(19)17-11-12-5-3-2-4-6-12/h2-6H,7-11H2,1H3,(H2,16,20)(H,17,19). The van der Waals surface area contributed by atoms with Gasteiger partial charge in [0, 0.05) is 19.6 Å². The lowest BCUT2D eigenvalue weighted by atomic mass is 9.96. The molecule has 21 heavy (non-hydrogen) atoms. The number of carbonyl (C=O) groups excluding carboxylic acids is 1. The number of likely N-dealkylation sites (tertiary alicyclic amines) is 1. The van der Waals surface area contributed by atoms with Crippen molar-refractivity contribution < 1.29 is 4.79 Å². The van der Waals surface area contributed by atoms with E-state index in [0.29, 0.717) is 24.6 Å². The van der Waals surface area contributed by atoms with E-state index in [1.165, 1.54) is 0 Å². The van der Waals surface area contributed by atoms with Gasteiger partial charge in [-0.1, -0.05) is 42.5 Å². The minimum atomic E-state index is -0.147. The van der Waals surface area contributed by atoms with E-state index < -0.39 is 0 Å². The van der Waals surface area contributed by atoms with Crippen LogP contribution >= 0.6 is 24.0 Å². The van der Waals surface area contributed by atoms with Crippen molar-refractivity contribution in [1.82, 2.24) is 10.2 Å². The number of nitrogens with one attached hydrogen (secondary N) is 1. The third-order valence-corrected chi connectivity index (χ3v) is 5.91. The summed E-state index contributed by atoms with van der Waals surface area (Å²) in [7, 11) is 0. The molecule has 0 bridgehead atoms. The molecule has 4 nitrogen and oxygen atoms in total. The highest BCUT2D eigenvalue weighted by Crippen LogP contribution is 2.34. The van der Waals surface area contributed by atoms with Gasteiger partial charge in [0.1, 0.15) is 0 Å². The zero-order valence-corrected chi connectivity index (χ0v) is 13.8. The molecule has 6 heteroatoms. The zero-order valence-electron chi connectivity index (χ0n) is 12.2. The fourth-order valence-electron chi connectivity index (χ4n) is 2.51. The first kappa shape index (κ1) is 16.1. The van der Waals surface area contributed by atoms with Crippen molar-refractivity contribution in [2.24, 2.45) is 5.73 Å². The van der Waals surface area contributed by atoms with Gasteiger partial charge >= 0.3 is 6.03 Å². The molecule has 2 amide bonds. The van der Waals surface area contributed by atoms with E-state index in [0.717, 1.165) is 18.4 Å². The lowest BCUT2D eigenvalue weighted by Gasteiger charge is -2.39. The van der Waals surface area contributed by atoms with Crippen molar-refractivity contribution in [3.63, 3.8) is 0 Å². The van der Waals surface area contributed by atoms with Gasteiger partial charge in [-0.05, 0) is 24.7 Å². The van der Waals surface area contributed by atoms with Crippen molar-refractivity contribution in [3.05, 3.63) is 35.9 Å². The van der Waals surface area contributed by atoms with Crippen molar-refractivity contribution in [3.8, 4) is 0 Å². The number of piperidine rings is 1. The Bertz CT molecular complexity index is 499. The predicted molar refractivity (Wildman–Crippen MR) is 92.5 cm³/mol. The van der Waals surface area contributed by atoms with E-state index in [1.807, 2.05) is 41.5 Å². The van der Waals surface area contributed by atoms with Crippen LogP contribution in [-0.4, -0.2) is 40.0 Å². The molecule has 1 aromatic rings. The molecular weight excluding hydrogens is 302 g/mol. The fraction of sp³-hybridized carbons (Fsp3) is 0.467. The second-order valence-corrected chi connectivity index (χ2v) is 6.82. The Balaban J connectivity index is 1.84. The zero-order chi connectivity index (χ0) is 15.3. The summed E-state index contributed by atoms with van der Waals surface area (Å²) in [6.07, 6.45) is 3.68. The van der Waals surface area contributed by atoms with E-state index in [9.17, 15) is 4.79 Å². The van der Waals surface area contributed by atoms with Gasteiger partial charge in [-0.25, -0.2) is 4.79 Å². The van der Waals surface area contributed by atoms with Crippen molar-refractivity contribution >= 4 is 35.0 Å². The fourth-order valence-corrected chi connectivity index (χ4v) is 3.75. The molecule has 0 aliphatic carbocycles. The summed E-state index contributed by atoms with van der Waals surface area (Å²) in [6.45, 7) is 1.94. The molecule has 1 heterocycles. The number of hydrogen-bond acceptors (Lipinski definition) is 3. The van der Waals surface area contributed by atoms with Crippen molar-refractivity contribution in [1.29, 1.82) is 0 Å². The molecule has 1 saturated heterocycles. The Kier molecular flexibility index (Phi) is 5.47. The molecule has 1 aliphatic heterocycles. The number of carbonyl (C=O) groups is 1. The first-order chi connectivity index (χ1) is 10.1. The maximum absolute atomic E-state index is 12.2. The second-order valence-electron chi connectivity index (χ2n) is 5.19. The van der Waals surface area contributed by atoms with Gasteiger partial charge in [-0.15, -0.1) is 0 Å². The van der Waals surface area contributed by atoms with Gasteiger partial charge in [0.2, 0.25) is 0 Å². The average molecular weight is 323 g/mol. The van der Waals surface area contributed by atoms with Gasteiger partial charge in [-0.2, -0.15) is 11.8 Å². The highest BCUT2D eigenvalue weighted by atomic mass is 32.2. The maximum Gasteiger partial charge on any atom is 0.317 e. The molecule has 1 fully saturated rings. The minimum absolute atomic E-state index is 0.0171. The lowest BCUT2D eigenvalue weighted by molar-refractivity contribution is 0.183. The van der Waals surface area contributed by atoms with Crippen molar-refractivity contribution in [2.75, 3.05) is 19.3 Å². The molecule has 0 aromatic heterocycles. The molecule has 0 radical (unpaired) electrons. The van der Waals surface area contributed by atoms with Gasteiger partial charge in [0.25, 0.3) is 0 Å². The molecule has 1 aliphatic rings. The van der Waals surface area contributed by atoms with E-state index in [1.54, 1.807) is 11.8 Å². The van der Waals surface area contributed by atoms with Gasteiger partial charge < -0.3 is 16.0 Å². The van der Waals surface area contributed by atoms with Crippen LogP contribution in [0.5, 0.6) is 0 Å². The quantitative estimate of drug-likeness (QED) is 0.835. The van der Waals surface area contributed by atoms with Gasteiger partial charge in [0.15, 0.2) is 0 Å². The monoisotopic (exact) mass is 323 g/mol. The Morgan fingerprint density at radius 1 is 1.38 bits per heavy atom. The lowest BCUT2D eigenvalue weighted by Crippen LogP contribution is -2.52. The first-order valence-corrected chi connectivity index (χ1v) is 8.62. The van der Waals surface area contributed by atoms with Crippen LogP contribution in [0.15, 0.2) is 30.3 Å². The molecule has 0 spiro atoms. The number of urea groups is 1. The van der Waals surface area contributed by atoms with E-state index in [4.69, 9.17) is 18.0 Å². The van der Waals surface area contributed by atoms with Crippen LogP contribution in [0.1, 0.15) is 18.4 Å². The number of nitrogens with zero attached hydrogens (tertiary/aromatic N) is 1. The Morgan fingerprint density at radius 2 is 2.00 bits per heavy atom. The smallest absolute Gasteiger partial charge is 0.317 e. The molecule has 0 atom stereocenters. The topological polar surface area (TPSA) is 58.4 Å². The third kappa shape index (κ3) is 3.89. The normalized spacial score (nSPS) is 17.3. The molecular formula is C15H21N3OS2. The third-order valence-electron chi connectivity index (χ3n) is 3.98. The summed E-state index contributed by atoms with van der Waals surface area (Å²) in [5, 5.41) is 2.96. The van der Waals surface area contributed by atoms with E-state index in [-0.39, 0.29) is 10.8 Å². The van der Waals surface area contributed by atoms with Gasteiger partial charge in [-0.3, -0.25) is 0 Å². The SMILES string of the molecule is CSC1(C(N)=S)CCN(C(=O)NCc2ccccc2)CC1. The average Bonchev–Trinajstić information content (AvgIpc) is 2.53. The number of amides is 2. The van der Waals surface area contributed by atoms with Crippen LogP contribution in [0.3, 0.4) is 0 Å². The molecule has 3 N–H and O–H groups in total. The van der Waals surface area contributed by atoms with E-state index >= 15 is 0 Å². The minimum Gasteiger partial charge on any atom is -0.392 e. The summed E-state index contributed by atoms with van der Waals surface area (Å²) in [5.74, 6) is 0. The molecule has 1 aromatic carbocycles. The number of thiocarbonyl (C=S) groups is 1. The van der Waals surface area contributed by atoms with Crippen LogP contribution in [0, 0.1) is 0 Å². The summed E-state index contributed by atoms with van der Waals surface area (Å²) in [6, 6.07) is 9.89. The highest BCUT2D eigenvalue weighted by Gasteiger charge is 2.37. The van der Waals surface area contributed by atoms with Crippen LogP contribution in [-0.2, 0) is 6.54 Å². The number of thioether (sulfide) groups is 1. The first-order valence-electron chi connectivity index (χ1n) is 6.99. The summed E-state index contributed by atoms with van der Waals surface area (Å²) in [4.78, 5) is 14.6.